The fraction of sp³-hybridized carbons (Fsp3) is 0.105. The van der Waals surface area contributed by atoms with Crippen LogP contribution in [0.4, 0.5) is 13.2 Å². The van der Waals surface area contributed by atoms with Gasteiger partial charge in [-0.1, -0.05) is 6.07 Å². The Kier molecular flexibility index (Phi) is 5.35. The second kappa shape index (κ2) is 7.86. The smallest absolute Gasteiger partial charge is 0.266 e. The Morgan fingerprint density at radius 3 is 2.30 bits per heavy atom. The summed E-state index contributed by atoms with van der Waals surface area (Å²) in [5.41, 5.74) is -0.0336. The Balaban J connectivity index is 1.71. The molecule has 1 N–H and O–H groups in total. The van der Waals surface area contributed by atoms with Crippen LogP contribution in [0, 0.1) is 17.5 Å². The van der Waals surface area contributed by atoms with Crippen LogP contribution < -0.4 is 10.9 Å². The van der Waals surface area contributed by atoms with Gasteiger partial charge in [-0.25, -0.2) is 17.9 Å². The Bertz CT molecular complexity index is 1010. The second-order valence-corrected chi connectivity index (χ2v) is 5.64. The molecule has 27 heavy (non-hydrogen) atoms. The minimum atomic E-state index is -0.971. The summed E-state index contributed by atoms with van der Waals surface area (Å²) in [6.07, 6.45) is 0. The molecule has 1 aromatic heterocycles. The Hall–Kier alpha value is -3.42. The van der Waals surface area contributed by atoms with Gasteiger partial charge in [-0.15, -0.1) is 0 Å². The highest BCUT2D eigenvalue weighted by atomic mass is 19.1. The van der Waals surface area contributed by atoms with Crippen molar-refractivity contribution in [1.29, 1.82) is 0 Å². The van der Waals surface area contributed by atoms with Crippen LogP contribution in [-0.2, 0) is 6.54 Å². The van der Waals surface area contributed by atoms with Gasteiger partial charge in [0.05, 0.1) is 12.2 Å². The summed E-state index contributed by atoms with van der Waals surface area (Å²) < 4.78 is 41.3. The van der Waals surface area contributed by atoms with E-state index >= 15 is 0 Å². The summed E-state index contributed by atoms with van der Waals surface area (Å²) in [5.74, 6) is -3.26. The highest BCUT2D eigenvalue weighted by Gasteiger charge is 2.16. The molecule has 5 nitrogen and oxygen atoms in total. The summed E-state index contributed by atoms with van der Waals surface area (Å²) in [4.78, 5) is 23.9. The largest absolute Gasteiger partial charge is 0.350 e. The van der Waals surface area contributed by atoms with E-state index in [1.807, 2.05) is 0 Å². The molecule has 8 heteroatoms. The highest BCUT2D eigenvalue weighted by Crippen LogP contribution is 2.15. The van der Waals surface area contributed by atoms with Gasteiger partial charge >= 0.3 is 0 Å². The Morgan fingerprint density at radius 2 is 1.63 bits per heavy atom. The molecule has 0 aliphatic carbocycles. The molecular formula is C19H14F3N3O2. The number of halogens is 3. The zero-order valence-corrected chi connectivity index (χ0v) is 14.0. The zero-order valence-electron chi connectivity index (χ0n) is 14.0. The van der Waals surface area contributed by atoms with Gasteiger partial charge in [-0.2, -0.15) is 5.10 Å². The molecule has 0 atom stereocenters. The average molecular weight is 373 g/mol. The van der Waals surface area contributed by atoms with Crippen LogP contribution in [0.2, 0.25) is 0 Å². The van der Waals surface area contributed by atoms with E-state index in [1.165, 1.54) is 36.4 Å². The lowest BCUT2D eigenvalue weighted by Gasteiger charge is -2.09. The number of benzene rings is 2. The van der Waals surface area contributed by atoms with Crippen LogP contribution in [-0.4, -0.2) is 22.2 Å². The van der Waals surface area contributed by atoms with Crippen molar-refractivity contribution in [1.82, 2.24) is 15.1 Å². The monoisotopic (exact) mass is 373 g/mol. The van der Waals surface area contributed by atoms with Crippen molar-refractivity contribution < 1.29 is 18.0 Å². The normalized spacial score (nSPS) is 10.6. The van der Waals surface area contributed by atoms with Crippen molar-refractivity contribution in [3.63, 3.8) is 0 Å². The van der Waals surface area contributed by atoms with Crippen molar-refractivity contribution in [3.8, 4) is 11.3 Å². The molecular weight excluding hydrogens is 359 g/mol. The van der Waals surface area contributed by atoms with Crippen LogP contribution in [0.3, 0.4) is 0 Å². The van der Waals surface area contributed by atoms with Gasteiger partial charge < -0.3 is 5.32 Å². The number of nitrogens with one attached hydrogen (secondary N) is 1. The number of carbonyl (C=O) groups is 1. The van der Waals surface area contributed by atoms with Gasteiger partial charge in [0.1, 0.15) is 23.0 Å². The first-order valence-electron chi connectivity index (χ1n) is 8.02. The lowest BCUT2D eigenvalue weighted by molar-refractivity contribution is 0.0943. The number of carbonyl (C=O) groups excluding carboxylic acids is 1. The Labute approximate surface area is 152 Å². The van der Waals surface area contributed by atoms with Crippen molar-refractivity contribution in [2.24, 2.45) is 0 Å². The highest BCUT2D eigenvalue weighted by molar-refractivity contribution is 5.94. The van der Waals surface area contributed by atoms with Gasteiger partial charge in [0.15, 0.2) is 0 Å². The predicted molar refractivity (Wildman–Crippen MR) is 92.6 cm³/mol. The van der Waals surface area contributed by atoms with Crippen molar-refractivity contribution >= 4 is 5.91 Å². The summed E-state index contributed by atoms with van der Waals surface area (Å²) >= 11 is 0. The number of hydrogen-bond acceptors (Lipinski definition) is 3. The van der Waals surface area contributed by atoms with Crippen molar-refractivity contribution in [2.75, 3.05) is 6.54 Å². The molecule has 138 valence electrons. The van der Waals surface area contributed by atoms with E-state index in [1.54, 1.807) is 0 Å². The molecule has 0 unspecified atom stereocenters. The summed E-state index contributed by atoms with van der Waals surface area (Å²) in [5, 5.41) is 6.51. The maximum atomic E-state index is 13.6. The van der Waals surface area contributed by atoms with E-state index < -0.39 is 34.5 Å². The predicted octanol–water partition coefficient (Wildman–Crippen LogP) is 2.76. The minimum Gasteiger partial charge on any atom is -0.350 e. The fourth-order valence-corrected chi connectivity index (χ4v) is 2.46. The summed E-state index contributed by atoms with van der Waals surface area (Å²) in [6, 6.07) is 11.5. The molecule has 0 saturated heterocycles. The van der Waals surface area contributed by atoms with E-state index in [-0.39, 0.29) is 13.1 Å². The molecule has 3 aromatic rings. The first-order valence-corrected chi connectivity index (χ1v) is 8.02. The molecule has 0 aliphatic heterocycles. The van der Waals surface area contributed by atoms with Crippen LogP contribution in [0.15, 0.2) is 59.4 Å². The van der Waals surface area contributed by atoms with E-state index in [0.717, 1.165) is 22.9 Å². The van der Waals surface area contributed by atoms with Crippen molar-refractivity contribution in [3.05, 3.63) is 88.0 Å². The van der Waals surface area contributed by atoms with Crippen LogP contribution in [0.1, 0.15) is 10.4 Å². The molecule has 1 amide bonds. The number of aromatic nitrogens is 2. The van der Waals surface area contributed by atoms with Gasteiger partial charge in [-0.05, 0) is 42.5 Å². The average Bonchev–Trinajstić information content (AvgIpc) is 2.64. The lowest BCUT2D eigenvalue weighted by atomic mass is 10.1. The van der Waals surface area contributed by atoms with E-state index in [0.29, 0.717) is 11.3 Å². The number of rotatable bonds is 5. The van der Waals surface area contributed by atoms with Crippen molar-refractivity contribution in [2.45, 2.75) is 6.54 Å². The van der Waals surface area contributed by atoms with Gasteiger partial charge in [0.2, 0.25) is 0 Å². The molecule has 0 aliphatic rings. The maximum absolute atomic E-state index is 13.6. The van der Waals surface area contributed by atoms with E-state index in [9.17, 15) is 22.8 Å². The zero-order chi connectivity index (χ0) is 19.4. The fourth-order valence-electron chi connectivity index (χ4n) is 2.46. The second-order valence-electron chi connectivity index (χ2n) is 5.64. The third kappa shape index (κ3) is 4.22. The molecule has 2 aromatic carbocycles. The van der Waals surface area contributed by atoms with E-state index in [2.05, 4.69) is 10.4 Å². The maximum Gasteiger partial charge on any atom is 0.266 e. The standard InChI is InChI=1S/C19H14F3N3O2/c20-13-6-4-12(5-7-13)16-8-9-17(26)25(24-16)11-10-23-19(27)18-14(21)2-1-3-15(18)22/h1-9H,10-11H2,(H,23,27). The van der Waals surface area contributed by atoms with Crippen LogP contribution in [0.5, 0.6) is 0 Å². The quantitative estimate of drug-likeness (QED) is 0.748. The first-order chi connectivity index (χ1) is 13.0. The molecule has 0 bridgehead atoms. The number of nitrogens with zero attached hydrogens (tertiary/aromatic N) is 2. The molecule has 1 heterocycles. The summed E-state index contributed by atoms with van der Waals surface area (Å²) in [6.45, 7) is -0.0674. The third-order valence-corrected chi connectivity index (χ3v) is 3.81. The minimum absolute atomic E-state index is 0.00429. The SMILES string of the molecule is O=C(NCCn1nc(-c2ccc(F)cc2)ccc1=O)c1c(F)cccc1F. The topological polar surface area (TPSA) is 64.0 Å². The molecule has 0 spiro atoms. The lowest BCUT2D eigenvalue weighted by Crippen LogP contribution is -2.32. The number of amides is 1. The van der Waals surface area contributed by atoms with E-state index in [4.69, 9.17) is 0 Å². The van der Waals surface area contributed by atoms with Crippen LogP contribution >= 0.6 is 0 Å². The summed E-state index contributed by atoms with van der Waals surface area (Å²) in [7, 11) is 0. The van der Waals surface area contributed by atoms with Crippen LogP contribution in [0.25, 0.3) is 11.3 Å². The molecule has 0 radical (unpaired) electrons. The first kappa shape index (κ1) is 18.4. The Morgan fingerprint density at radius 1 is 0.963 bits per heavy atom. The van der Waals surface area contributed by atoms with Gasteiger partial charge in [-0.3, -0.25) is 9.59 Å². The van der Waals surface area contributed by atoms with Gasteiger partial charge in [0, 0.05) is 18.2 Å². The molecule has 3 rings (SSSR count). The third-order valence-electron chi connectivity index (χ3n) is 3.81. The molecule has 0 saturated carbocycles. The molecule has 0 fully saturated rings. The number of hydrogen-bond donors (Lipinski definition) is 1. The van der Waals surface area contributed by atoms with Gasteiger partial charge in [0.25, 0.3) is 11.5 Å².